The van der Waals surface area contributed by atoms with E-state index >= 15 is 0 Å². The standard InChI is InChI=1S/C9H9FN6O/c10-6-5(1-2-12-7(6)16-11)8(17)15-9-13-3-4-14-9/h1-4H,11H2,(H,12,16)(H2,13,14,15,17). The fourth-order valence-electron chi connectivity index (χ4n) is 1.23. The fraction of sp³-hybridized carbons (Fsp3) is 0. The summed E-state index contributed by atoms with van der Waals surface area (Å²) in [6.07, 6.45) is 4.27. The van der Waals surface area contributed by atoms with Crippen LogP contribution in [0.3, 0.4) is 0 Å². The Morgan fingerprint density at radius 3 is 2.88 bits per heavy atom. The normalized spacial score (nSPS) is 10.0. The van der Waals surface area contributed by atoms with Crippen molar-refractivity contribution in [2.24, 2.45) is 5.84 Å². The van der Waals surface area contributed by atoms with Gasteiger partial charge >= 0.3 is 0 Å². The number of nitrogens with one attached hydrogen (secondary N) is 3. The summed E-state index contributed by atoms with van der Waals surface area (Å²) in [5.41, 5.74) is 1.88. The number of aromatic amines is 1. The predicted molar refractivity (Wildman–Crippen MR) is 58.5 cm³/mol. The van der Waals surface area contributed by atoms with Gasteiger partial charge in [-0.25, -0.2) is 20.2 Å². The molecule has 0 fully saturated rings. The number of imidazole rings is 1. The molecule has 17 heavy (non-hydrogen) atoms. The lowest BCUT2D eigenvalue weighted by Gasteiger charge is -2.06. The summed E-state index contributed by atoms with van der Waals surface area (Å²) in [6, 6.07) is 1.24. The van der Waals surface area contributed by atoms with Crippen molar-refractivity contribution in [3.05, 3.63) is 36.0 Å². The average molecular weight is 236 g/mol. The number of pyridine rings is 1. The molecule has 2 rings (SSSR count). The molecule has 0 aliphatic carbocycles. The van der Waals surface area contributed by atoms with Gasteiger partial charge in [0.1, 0.15) is 0 Å². The number of H-pyrrole nitrogens is 1. The van der Waals surface area contributed by atoms with E-state index in [9.17, 15) is 9.18 Å². The molecule has 0 aliphatic heterocycles. The van der Waals surface area contributed by atoms with Crippen molar-refractivity contribution in [3.63, 3.8) is 0 Å². The van der Waals surface area contributed by atoms with E-state index in [0.717, 1.165) is 0 Å². The van der Waals surface area contributed by atoms with Crippen molar-refractivity contribution in [1.82, 2.24) is 15.0 Å². The minimum atomic E-state index is -0.820. The molecule has 0 saturated carbocycles. The first-order valence-electron chi connectivity index (χ1n) is 4.64. The molecule has 0 atom stereocenters. The molecule has 7 nitrogen and oxygen atoms in total. The van der Waals surface area contributed by atoms with Gasteiger partial charge in [0.25, 0.3) is 5.91 Å². The summed E-state index contributed by atoms with van der Waals surface area (Å²) in [6.45, 7) is 0. The van der Waals surface area contributed by atoms with Gasteiger partial charge in [-0.3, -0.25) is 10.1 Å². The van der Waals surface area contributed by atoms with Crippen LogP contribution in [-0.4, -0.2) is 20.9 Å². The van der Waals surface area contributed by atoms with E-state index in [-0.39, 0.29) is 17.3 Å². The van der Waals surface area contributed by atoms with E-state index in [0.29, 0.717) is 0 Å². The Kier molecular flexibility index (Phi) is 2.97. The summed E-state index contributed by atoms with van der Waals surface area (Å²) in [5, 5.41) is 2.39. The number of nitrogens with zero attached hydrogens (tertiary/aromatic N) is 2. The molecule has 1 amide bonds. The highest BCUT2D eigenvalue weighted by Gasteiger charge is 2.16. The van der Waals surface area contributed by atoms with Gasteiger partial charge in [-0.15, -0.1) is 0 Å². The highest BCUT2D eigenvalue weighted by molar-refractivity contribution is 6.03. The monoisotopic (exact) mass is 236 g/mol. The van der Waals surface area contributed by atoms with Crippen LogP contribution in [0.1, 0.15) is 10.4 Å². The number of carbonyl (C=O) groups is 1. The van der Waals surface area contributed by atoms with Crippen molar-refractivity contribution < 1.29 is 9.18 Å². The molecular weight excluding hydrogens is 227 g/mol. The van der Waals surface area contributed by atoms with Gasteiger partial charge in [0, 0.05) is 18.6 Å². The van der Waals surface area contributed by atoms with Crippen LogP contribution in [0, 0.1) is 5.82 Å². The van der Waals surface area contributed by atoms with Crippen molar-refractivity contribution in [2.75, 3.05) is 10.7 Å². The minimum absolute atomic E-state index is 0.177. The van der Waals surface area contributed by atoms with Crippen molar-refractivity contribution in [1.29, 1.82) is 0 Å². The second-order valence-electron chi connectivity index (χ2n) is 3.06. The van der Waals surface area contributed by atoms with Gasteiger partial charge in [0.2, 0.25) is 5.95 Å². The van der Waals surface area contributed by atoms with Crippen LogP contribution in [0.4, 0.5) is 16.2 Å². The van der Waals surface area contributed by atoms with E-state index in [1.807, 2.05) is 0 Å². The highest BCUT2D eigenvalue weighted by atomic mass is 19.1. The number of hydrogen-bond donors (Lipinski definition) is 4. The number of hydrazine groups is 1. The van der Waals surface area contributed by atoms with Crippen LogP contribution in [0.5, 0.6) is 0 Å². The van der Waals surface area contributed by atoms with Crippen molar-refractivity contribution in [3.8, 4) is 0 Å². The zero-order valence-corrected chi connectivity index (χ0v) is 8.57. The molecule has 0 saturated heterocycles. The molecule has 5 N–H and O–H groups in total. The largest absolute Gasteiger partial charge is 0.331 e. The van der Waals surface area contributed by atoms with Crippen LogP contribution >= 0.6 is 0 Å². The number of hydrogen-bond acceptors (Lipinski definition) is 5. The Morgan fingerprint density at radius 1 is 1.41 bits per heavy atom. The van der Waals surface area contributed by atoms with E-state index in [1.165, 1.54) is 24.7 Å². The van der Waals surface area contributed by atoms with Crippen LogP contribution in [-0.2, 0) is 0 Å². The van der Waals surface area contributed by atoms with Gasteiger partial charge in [-0.05, 0) is 6.07 Å². The molecule has 0 bridgehead atoms. The maximum Gasteiger partial charge on any atom is 0.261 e. The van der Waals surface area contributed by atoms with Crippen LogP contribution in [0.2, 0.25) is 0 Å². The molecular formula is C9H9FN6O. The number of halogens is 1. The Bertz CT molecular complexity index is 526. The Balaban J connectivity index is 2.25. The molecule has 2 aromatic rings. The topological polar surface area (TPSA) is 109 Å². The second-order valence-corrected chi connectivity index (χ2v) is 3.06. The first kappa shape index (κ1) is 11.0. The third-order valence-electron chi connectivity index (χ3n) is 2.00. The summed E-state index contributed by atoms with van der Waals surface area (Å²) in [4.78, 5) is 21.8. The maximum atomic E-state index is 13.7. The Labute approximate surface area is 95.2 Å². The smallest absolute Gasteiger partial charge is 0.261 e. The van der Waals surface area contributed by atoms with Crippen LogP contribution in [0.15, 0.2) is 24.7 Å². The number of rotatable bonds is 3. The van der Waals surface area contributed by atoms with Crippen LogP contribution in [0.25, 0.3) is 0 Å². The van der Waals surface area contributed by atoms with Crippen molar-refractivity contribution in [2.45, 2.75) is 0 Å². The number of amides is 1. The number of nitrogen functional groups attached to an aromatic ring is 1. The molecule has 2 aromatic heterocycles. The molecule has 88 valence electrons. The predicted octanol–water partition coefficient (Wildman–Crippen LogP) is 0.482. The number of nitrogens with two attached hydrogens (primary N) is 1. The van der Waals surface area contributed by atoms with E-state index in [4.69, 9.17) is 5.84 Å². The van der Waals surface area contributed by atoms with Crippen LogP contribution < -0.4 is 16.6 Å². The second kappa shape index (κ2) is 4.58. The lowest BCUT2D eigenvalue weighted by Crippen LogP contribution is -2.18. The lowest BCUT2D eigenvalue weighted by molar-refractivity contribution is 0.102. The van der Waals surface area contributed by atoms with E-state index in [2.05, 4.69) is 25.7 Å². The number of carbonyl (C=O) groups excluding carboxylic acids is 1. The molecule has 0 spiro atoms. The SMILES string of the molecule is NNc1nccc(C(=O)Nc2ncc[nH]2)c1F. The van der Waals surface area contributed by atoms with Gasteiger partial charge in [0.05, 0.1) is 5.56 Å². The highest BCUT2D eigenvalue weighted by Crippen LogP contribution is 2.14. The molecule has 0 radical (unpaired) electrons. The fourth-order valence-corrected chi connectivity index (χ4v) is 1.23. The van der Waals surface area contributed by atoms with Gasteiger partial charge in [-0.2, -0.15) is 0 Å². The Morgan fingerprint density at radius 2 is 2.24 bits per heavy atom. The Hall–Kier alpha value is -2.48. The van der Waals surface area contributed by atoms with E-state index in [1.54, 1.807) is 0 Å². The number of aromatic nitrogens is 3. The zero-order valence-electron chi connectivity index (χ0n) is 8.57. The van der Waals surface area contributed by atoms with Gasteiger partial charge in [-0.1, -0.05) is 0 Å². The third-order valence-corrected chi connectivity index (χ3v) is 2.00. The number of anilines is 2. The van der Waals surface area contributed by atoms with Gasteiger partial charge < -0.3 is 10.4 Å². The quantitative estimate of drug-likeness (QED) is 0.458. The minimum Gasteiger partial charge on any atom is -0.331 e. The molecule has 0 aliphatic rings. The molecule has 0 aromatic carbocycles. The summed E-state index contributed by atoms with van der Waals surface area (Å²) in [7, 11) is 0. The van der Waals surface area contributed by atoms with Gasteiger partial charge in [0.15, 0.2) is 11.6 Å². The zero-order chi connectivity index (χ0) is 12.3. The molecule has 2 heterocycles. The van der Waals surface area contributed by atoms with Crippen molar-refractivity contribution >= 4 is 17.7 Å². The molecule has 8 heteroatoms. The third kappa shape index (κ3) is 2.21. The summed E-state index contributed by atoms with van der Waals surface area (Å²) in [5.74, 6) is 3.62. The lowest BCUT2D eigenvalue weighted by atomic mass is 10.2. The summed E-state index contributed by atoms with van der Waals surface area (Å²) >= 11 is 0. The van der Waals surface area contributed by atoms with E-state index < -0.39 is 11.7 Å². The molecule has 0 unspecified atom stereocenters. The summed E-state index contributed by atoms with van der Waals surface area (Å²) < 4.78 is 13.7. The first-order chi connectivity index (χ1) is 8.22. The average Bonchev–Trinajstić information content (AvgIpc) is 2.82. The first-order valence-corrected chi connectivity index (χ1v) is 4.64. The maximum absolute atomic E-state index is 13.7.